The Bertz CT molecular complexity index is 1120. The molecule has 1 unspecified atom stereocenters. The van der Waals surface area contributed by atoms with E-state index >= 15 is 0 Å². The zero-order valence-corrected chi connectivity index (χ0v) is 15.0. The topological polar surface area (TPSA) is 96.3 Å². The molecule has 0 fully saturated rings. The van der Waals surface area contributed by atoms with Gasteiger partial charge in [-0.05, 0) is 13.0 Å². The first-order valence-electron chi connectivity index (χ1n) is 7.50. The zero-order valence-electron chi connectivity index (χ0n) is 14.2. The molecule has 3 aromatic heterocycles. The second-order valence-corrected chi connectivity index (χ2v) is 6.17. The molecule has 0 aliphatic carbocycles. The van der Waals surface area contributed by atoms with E-state index in [0.29, 0.717) is 6.92 Å². The van der Waals surface area contributed by atoms with E-state index < -0.39 is 23.3 Å². The number of hydrogen-bond donors (Lipinski definition) is 1. The number of methoxy groups -OCH3 is 1. The molecule has 28 heavy (non-hydrogen) atoms. The van der Waals surface area contributed by atoms with Gasteiger partial charge in [-0.3, -0.25) is 0 Å². The number of aromatic nitrogens is 4. The minimum atomic E-state index is -5.07. The van der Waals surface area contributed by atoms with Crippen molar-refractivity contribution in [3.8, 4) is 23.2 Å². The molecule has 1 N–H and O–H groups in total. The molecule has 0 aliphatic rings. The maximum absolute atomic E-state index is 14.4. The maximum atomic E-state index is 14.4. The van der Waals surface area contributed by atoms with Crippen molar-refractivity contribution in [2.45, 2.75) is 18.7 Å². The van der Waals surface area contributed by atoms with Crippen LogP contribution in [0.25, 0.3) is 17.0 Å². The van der Waals surface area contributed by atoms with Gasteiger partial charge in [-0.25, -0.2) is 18.9 Å². The highest BCUT2D eigenvalue weighted by molar-refractivity contribution is 6.30. The monoisotopic (exact) mass is 415 g/mol. The van der Waals surface area contributed by atoms with Crippen LogP contribution in [0, 0.1) is 17.1 Å². The van der Waals surface area contributed by atoms with Gasteiger partial charge in [-0.1, -0.05) is 11.6 Å². The van der Waals surface area contributed by atoms with Gasteiger partial charge in [0.1, 0.15) is 34.1 Å². The van der Waals surface area contributed by atoms with E-state index in [9.17, 15) is 22.7 Å². The van der Waals surface area contributed by atoms with E-state index in [0.717, 1.165) is 30.0 Å². The van der Waals surface area contributed by atoms with Gasteiger partial charge in [0.05, 0.1) is 18.9 Å². The Kier molecular flexibility index (Phi) is 4.64. The van der Waals surface area contributed by atoms with Crippen molar-refractivity contribution < 1.29 is 27.4 Å². The van der Waals surface area contributed by atoms with Gasteiger partial charge in [0.15, 0.2) is 11.5 Å². The second kappa shape index (κ2) is 6.57. The predicted octanol–water partition coefficient (Wildman–Crippen LogP) is 3.23. The minimum absolute atomic E-state index is 0.00950. The van der Waals surface area contributed by atoms with Crippen molar-refractivity contribution in [1.82, 2.24) is 19.6 Å². The van der Waals surface area contributed by atoms with E-state index in [4.69, 9.17) is 21.6 Å². The lowest BCUT2D eigenvalue weighted by Crippen LogP contribution is -2.40. The summed E-state index contributed by atoms with van der Waals surface area (Å²) in [6.07, 6.45) is -3.95. The summed E-state index contributed by atoms with van der Waals surface area (Å²) in [5.74, 6) is -1.32. The number of hydrogen-bond acceptors (Lipinski definition) is 6. The van der Waals surface area contributed by atoms with E-state index in [1.165, 1.54) is 0 Å². The highest BCUT2D eigenvalue weighted by Crippen LogP contribution is 2.41. The summed E-state index contributed by atoms with van der Waals surface area (Å²) in [7, 11) is 1.11. The molecule has 7 nitrogen and oxygen atoms in total. The molecule has 12 heteroatoms. The van der Waals surface area contributed by atoms with Crippen LogP contribution in [0.1, 0.15) is 18.2 Å². The molecule has 0 amide bonds. The van der Waals surface area contributed by atoms with Crippen molar-refractivity contribution >= 4 is 17.2 Å². The lowest BCUT2D eigenvalue weighted by molar-refractivity contribution is -0.261. The van der Waals surface area contributed by atoms with Crippen LogP contribution in [0.2, 0.25) is 5.15 Å². The van der Waals surface area contributed by atoms with E-state index in [-0.39, 0.29) is 33.5 Å². The van der Waals surface area contributed by atoms with E-state index in [1.54, 1.807) is 6.07 Å². The summed E-state index contributed by atoms with van der Waals surface area (Å²) in [6.45, 7) is 0.512. The van der Waals surface area contributed by atoms with Crippen molar-refractivity contribution in [2.75, 3.05) is 7.11 Å². The molecule has 0 radical (unpaired) electrons. The smallest absolute Gasteiger partial charge is 0.422 e. The first kappa shape index (κ1) is 19.8. The van der Waals surface area contributed by atoms with E-state index in [1.807, 2.05) is 0 Å². The number of nitrogens with zero attached hydrogens (tertiary/aromatic N) is 5. The quantitative estimate of drug-likeness (QED) is 0.521. The van der Waals surface area contributed by atoms with Crippen LogP contribution in [0.4, 0.5) is 17.6 Å². The number of alkyl halides is 3. The lowest BCUT2D eigenvalue weighted by atomic mass is 10.0. The molecular formula is C16H10ClF4N5O2. The zero-order chi connectivity index (χ0) is 20.9. The molecule has 0 saturated carbocycles. The number of imidazole rings is 1. The molecule has 3 aromatic rings. The number of fused-ring (bicyclic) bond motifs is 1. The molecule has 0 spiro atoms. The Hall–Kier alpha value is -2.97. The Morgan fingerprint density at radius 2 is 2.00 bits per heavy atom. The molecular weight excluding hydrogens is 406 g/mol. The third-order valence-corrected chi connectivity index (χ3v) is 4.27. The third kappa shape index (κ3) is 3.00. The molecule has 146 valence electrons. The normalized spacial score (nSPS) is 14.0. The fourth-order valence-corrected chi connectivity index (χ4v) is 2.59. The highest BCUT2D eigenvalue weighted by Gasteiger charge is 2.54. The van der Waals surface area contributed by atoms with Crippen molar-refractivity contribution in [3.63, 3.8) is 0 Å². The summed E-state index contributed by atoms with van der Waals surface area (Å²) in [4.78, 5) is 7.72. The number of nitriles is 1. The Balaban J connectivity index is 2.30. The van der Waals surface area contributed by atoms with Gasteiger partial charge in [0.25, 0.3) is 0 Å². The fraction of sp³-hybridized carbons (Fsp3) is 0.250. The Morgan fingerprint density at radius 3 is 2.57 bits per heavy atom. The van der Waals surface area contributed by atoms with Crippen LogP contribution >= 0.6 is 11.6 Å². The number of aliphatic hydroxyl groups is 1. The summed E-state index contributed by atoms with van der Waals surface area (Å²) < 4.78 is 60.0. The number of pyridine rings is 1. The molecule has 1 atom stereocenters. The molecule has 3 rings (SSSR count). The first-order chi connectivity index (χ1) is 13.0. The summed E-state index contributed by atoms with van der Waals surface area (Å²) in [5, 5.41) is 22.4. The van der Waals surface area contributed by atoms with Crippen LogP contribution in [0.15, 0.2) is 18.3 Å². The Morgan fingerprint density at radius 1 is 1.32 bits per heavy atom. The average molecular weight is 416 g/mol. The SMILES string of the molecule is COc1cc2ncc(-c3nc(Cl)c(C#N)cc3F)n2nc1C(C)(O)C(F)(F)F. The maximum Gasteiger partial charge on any atom is 0.422 e. The predicted molar refractivity (Wildman–Crippen MR) is 88.1 cm³/mol. The number of ether oxygens (including phenoxy) is 1. The molecule has 0 bridgehead atoms. The van der Waals surface area contributed by atoms with Crippen LogP contribution in [-0.2, 0) is 5.60 Å². The molecule has 0 aliphatic heterocycles. The number of halogens is 5. The highest BCUT2D eigenvalue weighted by atomic mass is 35.5. The standard InChI is InChI=1S/C16H10ClF4N5O2/c1-15(27,16(19,20)21)13-10(28-2)4-11-23-6-9(26(11)25-13)12-8(18)3-7(5-22)14(17)24-12/h3-4,6,27H,1-2H3. The molecule has 0 aromatic carbocycles. The van der Waals surface area contributed by atoms with Gasteiger partial charge < -0.3 is 9.84 Å². The van der Waals surface area contributed by atoms with Crippen molar-refractivity contribution in [1.29, 1.82) is 5.26 Å². The minimum Gasteiger partial charge on any atom is -0.495 e. The van der Waals surface area contributed by atoms with Crippen LogP contribution in [-0.4, -0.2) is 38.0 Å². The largest absolute Gasteiger partial charge is 0.495 e. The molecule has 3 heterocycles. The van der Waals surface area contributed by atoms with Crippen LogP contribution in [0.3, 0.4) is 0 Å². The summed E-state index contributed by atoms with van der Waals surface area (Å²) in [5.41, 5.74) is -4.94. The average Bonchev–Trinajstić information content (AvgIpc) is 3.03. The third-order valence-electron chi connectivity index (χ3n) is 3.98. The lowest BCUT2D eigenvalue weighted by Gasteiger charge is -2.26. The van der Waals surface area contributed by atoms with Gasteiger partial charge >= 0.3 is 6.18 Å². The Labute approximate surface area is 159 Å². The molecule has 0 saturated heterocycles. The van der Waals surface area contributed by atoms with E-state index in [2.05, 4.69) is 15.1 Å². The van der Waals surface area contributed by atoms with Crippen LogP contribution < -0.4 is 4.74 Å². The van der Waals surface area contributed by atoms with Gasteiger partial charge in [0.2, 0.25) is 5.60 Å². The van der Waals surface area contributed by atoms with Gasteiger partial charge in [-0.15, -0.1) is 0 Å². The van der Waals surface area contributed by atoms with Gasteiger partial charge in [-0.2, -0.15) is 23.5 Å². The van der Waals surface area contributed by atoms with Crippen LogP contribution in [0.5, 0.6) is 5.75 Å². The van der Waals surface area contributed by atoms with Gasteiger partial charge in [0, 0.05) is 6.07 Å². The number of rotatable bonds is 3. The van der Waals surface area contributed by atoms with Crippen molar-refractivity contribution in [3.05, 3.63) is 40.6 Å². The summed E-state index contributed by atoms with van der Waals surface area (Å²) >= 11 is 5.82. The second-order valence-electron chi connectivity index (χ2n) is 5.81. The van der Waals surface area contributed by atoms with Crippen molar-refractivity contribution in [2.24, 2.45) is 0 Å². The first-order valence-corrected chi connectivity index (χ1v) is 7.88. The fourth-order valence-electron chi connectivity index (χ4n) is 2.41. The summed E-state index contributed by atoms with van der Waals surface area (Å²) in [6, 6.07) is 3.60.